The van der Waals surface area contributed by atoms with Gasteiger partial charge in [-0.2, -0.15) is 0 Å². The normalized spacial score (nSPS) is 19.4. The SMILES string of the molecule is CN1CCN(c2cc(C(=O)O)ccc2N)CC1(C)C. The fourth-order valence-electron chi connectivity index (χ4n) is 2.40. The molecule has 0 amide bonds. The van der Waals surface area contributed by atoms with E-state index in [4.69, 9.17) is 10.8 Å². The van der Waals surface area contributed by atoms with Crippen LogP contribution in [-0.4, -0.2) is 48.2 Å². The number of anilines is 2. The quantitative estimate of drug-likeness (QED) is 0.791. The van der Waals surface area contributed by atoms with Crippen molar-refractivity contribution in [3.63, 3.8) is 0 Å². The Bertz CT molecular complexity index is 499. The van der Waals surface area contributed by atoms with Crippen molar-refractivity contribution in [3.8, 4) is 0 Å². The molecule has 3 N–H and O–H groups in total. The number of aromatic carboxylic acids is 1. The van der Waals surface area contributed by atoms with Crippen LogP contribution in [0.25, 0.3) is 0 Å². The molecule has 0 radical (unpaired) electrons. The van der Waals surface area contributed by atoms with E-state index in [9.17, 15) is 4.79 Å². The molecule has 1 aliphatic rings. The first-order valence-electron chi connectivity index (χ1n) is 6.40. The van der Waals surface area contributed by atoms with Gasteiger partial charge in [0.25, 0.3) is 0 Å². The third-order valence-electron chi connectivity index (χ3n) is 3.93. The molecule has 1 aromatic rings. The van der Waals surface area contributed by atoms with Crippen molar-refractivity contribution in [1.29, 1.82) is 0 Å². The summed E-state index contributed by atoms with van der Waals surface area (Å²) in [6, 6.07) is 4.88. The second-order valence-electron chi connectivity index (χ2n) is 5.73. The molecule has 1 fully saturated rings. The van der Waals surface area contributed by atoms with E-state index in [0.29, 0.717) is 5.69 Å². The zero-order valence-corrected chi connectivity index (χ0v) is 11.7. The van der Waals surface area contributed by atoms with Crippen molar-refractivity contribution in [2.24, 2.45) is 0 Å². The van der Waals surface area contributed by atoms with E-state index in [1.165, 1.54) is 0 Å². The van der Waals surface area contributed by atoms with Gasteiger partial charge < -0.3 is 15.7 Å². The van der Waals surface area contributed by atoms with Gasteiger partial charge in [-0.25, -0.2) is 4.79 Å². The number of carbonyl (C=O) groups is 1. The molecule has 5 heteroatoms. The van der Waals surface area contributed by atoms with Gasteiger partial charge in [-0.1, -0.05) is 0 Å². The minimum absolute atomic E-state index is 0.0456. The van der Waals surface area contributed by atoms with E-state index in [0.717, 1.165) is 25.3 Å². The number of benzene rings is 1. The first kappa shape index (κ1) is 13.7. The molecule has 0 aliphatic carbocycles. The van der Waals surface area contributed by atoms with Crippen LogP contribution in [0.5, 0.6) is 0 Å². The highest BCUT2D eigenvalue weighted by Gasteiger charge is 2.31. The Morgan fingerprint density at radius 2 is 2.05 bits per heavy atom. The van der Waals surface area contributed by atoms with Crippen LogP contribution in [0, 0.1) is 0 Å². The zero-order chi connectivity index (χ0) is 14.2. The van der Waals surface area contributed by atoms with Crippen molar-refractivity contribution in [2.75, 3.05) is 37.3 Å². The molecule has 2 rings (SSSR count). The van der Waals surface area contributed by atoms with Gasteiger partial charge >= 0.3 is 5.97 Å². The number of nitrogens with two attached hydrogens (primary N) is 1. The summed E-state index contributed by atoms with van der Waals surface area (Å²) in [5, 5.41) is 9.08. The molecule has 104 valence electrons. The summed E-state index contributed by atoms with van der Waals surface area (Å²) in [4.78, 5) is 15.5. The molecule has 5 nitrogen and oxygen atoms in total. The summed E-state index contributed by atoms with van der Waals surface area (Å²) in [5.74, 6) is -0.922. The Hall–Kier alpha value is -1.75. The lowest BCUT2D eigenvalue weighted by Gasteiger charge is -2.46. The highest BCUT2D eigenvalue weighted by atomic mass is 16.4. The third-order valence-corrected chi connectivity index (χ3v) is 3.93. The van der Waals surface area contributed by atoms with E-state index < -0.39 is 5.97 Å². The average molecular weight is 263 g/mol. The lowest BCUT2D eigenvalue weighted by Crippen LogP contribution is -2.57. The van der Waals surface area contributed by atoms with Crippen LogP contribution in [-0.2, 0) is 0 Å². The number of nitrogens with zero attached hydrogens (tertiary/aromatic N) is 2. The lowest BCUT2D eigenvalue weighted by molar-refractivity contribution is 0.0697. The third kappa shape index (κ3) is 2.66. The maximum absolute atomic E-state index is 11.1. The first-order valence-corrected chi connectivity index (χ1v) is 6.40. The van der Waals surface area contributed by atoms with Crippen LogP contribution in [0.3, 0.4) is 0 Å². The number of carboxylic acid groups (broad SMARTS) is 1. The van der Waals surface area contributed by atoms with Crippen molar-refractivity contribution in [2.45, 2.75) is 19.4 Å². The van der Waals surface area contributed by atoms with Crippen molar-refractivity contribution < 1.29 is 9.90 Å². The monoisotopic (exact) mass is 263 g/mol. The van der Waals surface area contributed by atoms with Gasteiger partial charge in [0.1, 0.15) is 0 Å². The van der Waals surface area contributed by atoms with Crippen LogP contribution in [0.15, 0.2) is 18.2 Å². The number of nitrogen functional groups attached to an aromatic ring is 1. The summed E-state index contributed by atoms with van der Waals surface area (Å²) in [6.45, 7) is 6.97. The van der Waals surface area contributed by atoms with Gasteiger partial charge in [0, 0.05) is 25.2 Å². The van der Waals surface area contributed by atoms with Crippen molar-refractivity contribution in [1.82, 2.24) is 4.90 Å². The largest absolute Gasteiger partial charge is 0.478 e. The highest BCUT2D eigenvalue weighted by molar-refractivity contribution is 5.90. The molecular formula is C14H21N3O2. The smallest absolute Gasteiger partial charge is 0.335 e. The molecule has 0 atom stereocenters. The predicted octanol–water partition coefficient (Wildman–Crippen LogP) is 1.50. The molecule has 0 bridgehead atoms. The zero-order valence-electron chi connectivity index (χ0n) is 11.7. The van der Waals surface area contributed by atoms with Crippen LogP contribution >= 0.6 is 0 Å². The number of hydrogen-bond acceptors (Lipinski definition) is 4. The van der Waals surface area contributed by atoms with Crippen LogP contribution < -0.4 is 10.6 Å². The molecule has 0 unspecified atom stereocenters. The predicted molar refractivity (Wildman–Crippen MR) is 76.7 cm³/mol. The summed E-state index contributed by atoms with van der Waals surface area (Å²) in [7, 11) is 2.11. The Kier molecular flexibility index (Phi) is 3.41. The number of rotatable bonds is 2. The number of likely N-dealkylation sites (N-methyl/N-ethyl adjacent to an activating group) is 1. The van der Waals surface area contributed by atoms with E-state index in [-0.39, 0.29) is 11.1 Å². The Balaban J connectivity index is 2.31. The second kappa shape index (κ2) is 4.74. The lowest BCUT2D eigenvalue weighted by atomic mass is 9.98. The minimum Gasteiger partial charge on any atom is -0.478 e. The van der Waals surface area contributed by atoms with Crippen LogP contribution in [0.4, 0.5) is 11.4 Å². The molecule has 0 saturated carbocycles. The standard InChI is InChI=1S/C14H21N3O2/c1-14(2)9-17(7-6-16(14)3)12-8-10(13(18)19)4-5-11(12)15/h4-5,8H,6-7,9,15H2,1-3H3,(H,18,19). The van der Waals surface area contributed by atoms with E-state index in [1.807, 2.05) is 0 Å². The van der Waals surface area contributed by atoms with E-state index >= 15 is 0 Å². The second-order valence-corrected chi connectivity index (χ2v) is 5.73. The molecule has 0 aromatic heterocycles. The van der Waals surface area contributed by atoms with Crippen LogP contribution in [0.2, 0.25) is 0 Å². The van der Waals surface area contributed by atoms with Crippen molar-refractivity contribution >= 4 is 17.3 Å². The number of hydrogen-bond donors (Lipinski definition) is 2. The van der Waals surface area contributed by atoms with E-state index in [1.54, 1.807) is 18.2 Å². The first-order chi connectivity index (χ1) is 8.81. The number of piperazine rings is 1. The topological polar surface area (TPSA) is 69.8 Å². The summed E-state index contributed by atoms with van der Waals surface area (Å²) in [6.07, 6.45) is 0. The maximum Gasteiger partial charge on any atom is 0.335 e. The molecule has 1 aromatic carbocycles. The maximum atomic E-state index is 11.1. The van der Waals surface area contributed by atoms with Gasteiger partial charge in [0.2, 0.25) is 0 Å². The molecular weight excluding hydrogens is 242 g/mol. The molecule has 19 heavy (non-hydrogen) atoms. The molecule has 1 saturated heterocycles. The minimum atomic E-state index is -0.922. The fourth-order valence-corrected chi connectivity index (χ4v) is 2.40. The fraction of sp³-hybridized carbons (Fsp3) is 0.500. The van der Waals surface area contributed by atoms with Gasteiger partial charge in [0.15, 0.2) is 0 Å². The Morgan fingerprint density at radius 3 is 2.63 bits per heavy atom. The molecule has 0 spiro atoms. The average Bonchev–Trinajstić information content (AvgIpc) is 2.33. The molecule has 1 heterocycles. The van der Waals surface area contributed by atoms with Gasteiger partial charge in [-0.3, -0.25) is 4.90 Å². The van der Waals surface area contributed by atoms with Gasteiger partial charge in [-0.15, -0.1) is 0 Å². The van der Waals surface area contributed by atoms with Gasteiger partial charge in [-0.05, 0) is 39.1 Å². The molecule has 1 aliphatic heterocycles. The van der Waals surface area contributed by atoms with Crippen molar-refractivity contribution in [3.05, 3.63) is 23.8 Å². The van der Waals surface area contributed by atoms with E-state index in [2.05, 4.69) is 30.7 Å². The Morgan fingerprint density at radius 1 is 1.37 bits per heavy atom. The summed E-state index contributed by atoms with van der Waals surface area (Å²) in [5.41, 5.74) is 7.77. The Labute approximate surface area is 113 Å². The van der Waals surface area contributed by atoms with Gasteiger partial charge in [0.05, 0.1) is 16.9 Å². The summed E-state index contributed by atoms with van der Waals surface area (Å²) >= 11 is 0. The number of carboxylic acids is 1. The summed E-state index contributed by atoms with van der Waals surface area (Å²) < 4.78 is 0. The van der Waals surface area contributed by atoms with Crippen LogP contribution in [0.1, 0.15) is 24.2 Å². The highest BCUT2D eigenvalue weighted by Crippen LogP contribution is 2.29.